The number of carbonyl (C=O) groups is 1. The van der Waals surface area contributed by atoms with Crippen LogP contribution in [0.3, 0.4) is 0 Å². The summed E-state index contributed by atoms with van der Waals surface area (Å²) in [4.78, 5) is 18.2. The molecule has 0 spiro atoms. The van der Waals surface area contributed by atoms with Crippen molar-refractivity contribution >= 4 is 23.3 Å². The first kappa shape index (κ1) is 14.6. The van der Waals surface area contributed by atoms with Gasteiger partial charge in [-0.3, -0.25) is 4.89 Å². The van der Waals surface area contributed by atoms with Gasteiger partial charge in [-0.25, -0.2) is 4.79 Å². The minimum atomic E-state index is -0.795. The lowest BCUT2D eigenvalue weighted by Gasteiger charge is -2.16. The monoisotopic (exact) mass is 328 g/mol. The van der Waals surface area contributed by atoms with Gasteiger partial charge in [-0.2, -0.15) is 5.26 Å². The number of phenols is 1. The van der Waals surface area contributed by atoms with Crippen LogP contribution in [0.4, 0.5) is 0 Å². The maximum atomic E-state index is 12.1. The Morgan fingerprint density at radius 1 is 1.17 bits per heavy atom. The molecule has 0 aromatic heterocycles. The lowest BCUT2D eigenvalue weighted by atomic mass is 9.96. The topological polar surface area (TPSA) is 66.8 Å². The number of benzene rings is 1. The quantitative estimate of drug-likeness (QED) is 0.603. The second kappa shape index (κ2) is 5.58. The Morgan fingerprint density at radius 3 is 2.78 bits per heavy atom. The number of allylic oxidation sites excluding steroid dienone is 4. The first-order chi connectivity index (χ1) is 11.2. The Labute approximate surface area is 138 Å². The van der Waals surface area contributed by atoms with Crippen LogP contribution in [0.5, 0.6) is 5.75 Å². The van der Waals surface area contributed by atoms with Crippen LogP contribution in [-0.4, -0.2) is 16.3 Å². The van der Waals surface area contributed by atoms with Gasteiger partial charge in [0, 0.05) is 15.4 Å². The van der Waals surface area contributed by atoms with Crippen molar-refractivity contribution in [2.75, 3.05) is 0 Å². The molecular formula is C18H16O4S. The van der Waals surface area contributed by atoms with Crippen molar-refractivity contribution in [3.63, 3.8) is 0 Å². The summed E-state index contributed by atoms with van der Waals surface area (Å²) in [5.74, 6) is -0.571. The van der Waals surface area contributed by atoms with Gasteiger partial charge in [-0.05, 0) is 60.9 Å². The Bertz CT molecular complexity index is 802. The van der Waals surface area contributed by atoms with Crippen LogP contribution in [0.2, 0.25) is 0 Å². The number of hydrogen-bond acceptors (Lipinski definition) is 5. The van der Waals surface area contributed by atoms with E-state index >= 15 is 0 Å². The van der Waals surface area contributed by atoms with Crippen LogP contribution in [0.1, 0.15) is 36.0 Å². The second-order valence-electron chi connectivity index (χ2n) is 5.93. The highest BCUT2D eigenvalue weighted by atomic mass is 32.2. The van der Waals surface area contributed by atoms with E-state index in [2.05, 4.69) is 17.0 Å². The van der Waals surface area contributed by atoms with Crippen LogP contribution >= 0.6 is 11.8 Å². The molecule has 0 radical (unpaired) electrons. The zero-order valence-electron chi connectivity index (χ0n) is 12.5. The van der Waals surface area contributed by atoms with Gasteiger partial charge in [0.05, 0.1) is 5.57 Å². The first-order valence-corrected chi connectivity index (χ1v) is 8.54. The maximum absolute atomic E-state index is 12.1. The number of aromatic hydroxyl groups is 1. The first-order valence-electron chi connectivity index (χ1n) is 7.73. The van der Waals surface area contributed by atoms with Crippen molar-refractivity contribution in [3.8, 4) is 5.75 Å². The van der Waals surface area contributed by atoms with Crippen LogP contribution in [-0.2, 0) is 22.5 Å². The van der Waals surface area contributed by atoms with E-state index in [0.717, 1.165) is 58.6 Å². The highest BCUT2D eigenvalue weighted by Gasteiger charge is 2.30. The zero-order chi connectivity index (χ0) is 16.0. The van der Waals surface area contributed by atoms with E-state index in [9.17, 15) is 9.90 Å². The molecule has 2 aliphatic carbocycles. The Hall–Kier alpha value is -1.98. The number of rotatable bonds is 1. The van der Waals surface area contributed by atoms with Gasteiger partial charge in [0.15, 0.2) is 0 Å². The highest BCUT2D eigenvalue weighted by Crippen LogP contribution is 2.49. The average Bonchev–Trinajstić information content (AvgIpc) is 3.00. The van der Waals surface area contributed by atoms with Crippen molar-refractivity contribution in [1.29, 1.82) is 0 Å². The van der Waals surface area contributed by atoms with Gasteiger partial charge in [0.2, 0.25) is 0 Å². The van der Waals surface area contributed by atoms with Gasteiger partial charge in [0.1, 0.15) is 5.75 Å². The molecule has 5 heteroatoms. The van der Waals surface area contributed by atoms with E-state index in [1.165, 1.54) is 0 Å². The summed E-state index contributed by atoms with van der Waals surface area (Å²) in [6, 6.07) is 1.63. The van der Waals surface area contributed by atoms with Gasteiger partial charge in [-0.1, -0.05) is 23.9 Å². The number of fused-ring (bicyclic) bond motifs is 4. The molecule has 1 aromatic carbocycles. The third kappa shape index (κ3) is 2.31. The molecular weight excluding hydrogens is 312 g/mol. The molecule has 1 aromatic rings. The van der Waals surface area contributed by atoms with Gasteiger partial charge < -0.3 is 5.11 Å². The van der Waals surface area contributed by atoms with Crippen LogP contribution in [0.25, 0.3) is 5.57 Å². The lowest BCUT2D eigenvalue weighted by Crippen LogP contribution is -2.06. The second-order valence-corrected chi connectivity index (χ2v) is 6.98. The number of phenolic OH excluding ortho intramolecular Hbond substituents is 1. The molecule has 0 saturated heterocycles. The predicted molar refractivity (Wildman–Crippen MR) is 88.1 cm³/mol. The lowest BCUT2D eigenvalue weighted by molar-refractivity contribution is -0.226. The van der Waals surface area contributed by atoms with E-state index in [1.54, 1.807) is 23.9 Å². The molecule has 23 heavy (non-hydrogen) atoms. The van der Waals surface area contributed by atoms with Crippen molar-refractivity contribution < 1.29 is 20.0 Å². The van der Waals surface area contributed by atoms with Crippen LogP contribution in [0, 0.1) is 0 Å². The van der Waals surface area contributed by atoms with Gasteiger partial charge in [0.25, 0.3) is 0 Å². The summed E-state index contributed by atoms with van der Waals surface area (Å²) in [7, 11) is 0. The fourth-order valence-corrected chi connectivity index (χ4v) is 4.82. The number of hydrogen-bond donors (Lipinski definition) is 2. The molecule has 0 unspecified atom stereocenters. The highest BCUT2D eigenvalue weighted by molar-refractivity contribution is 8.03. The average molecular weight is 328 g/mol. The van der Waals surface area contributed by atoms with Crippen LogP contribution in [0.15, 0.2) is 39.7 Å². The Balaban J connectivity index is 1.99. The molecule has 3 aliphatic rings. The zero-order valence-corrected chi connectivity index (χ0v) is 13.3. The maximum Gasteiger partial charge on any atom is 0.373 e. The molecule has 1 aliphatic heterocycles. The fraction of sp³-hybridized carbons (Fsp3) is 0.278. The number of carbonyl (C=O) groups excluding carboxylic acids is 1. The van der Waals surface area contributed by atoms with Crippen LogP contribution < -0.4 is 0 Å². The molecule has 2 N–H and O–H groups in total. The molecule has 0 atom stereocenters. The van der Waals surface area contributed by atoms with E-state index in [-0.39, 0.29) is 11.3 Å². The van der Waals surface area contributed by atoms with Gasteiger partial charge >= 0.3 is 5.97 Å². The van der Waals surface area contributed by atoms with Crippen molar-refractivity contribution in [2.24, 2.45) is 0 Å². The minimum absolute atomic E-state index is 0.223. The Morgan fingerprint density at radius 2 is 1.96 bits per heavy atom. The molecule has 1 heterocycles. The van der Waals surface area contributed by atoms with Crippen molar-refractivity contribution in [2.45, 2.75) is 37.0 Å². The molecule has 0 saturated carbocycles. The molecule has 0 amide bonds. The molecule has 0 bridgehead atoms. The smallest absolute Gasteiger partial charge is 0.373 e. The summed E-state index contributed by atoms with van der Waals surface area (Å²) in [5, 5.41) is 19.2. The minimum Gasteiger partial charge on any atom is -0.508 e. The van der Waals surface area contributed by atoms with E-state index in [4.69, 9.17) is 5.26 Å². The van der Waals surface area contributed by atoms with E-state index in [1.807, 2.05) is 0 Å². The Kier molecular flexibility index (Phi) is 3.54. The predicted octanol–water partition coefficient (Wildman–Crippen LogP) is 3.99. The van der Waals surface area contributed by atoms with E-state index in [0.29, 0.717) is 5.56 Å². The summed E-state index contributed by atoms with van der Waals surface area (Å²) < 4.78 is 0. The van der Waals surface area contributed by atoms with E-state index < -0.39 is 5.97 Å². The number of thioether (sulfide) groups is 1. The summed E-state index contributed by atoms with van der Waals surface area (Å²) in [5.41, 5.74) is 4.01. The molecule has 118 valence electrons. The van der Waals surface area contributed by atoms with Gasteiger partial charge in [-0.15, -0.1) is 0 Å². The molecule has 4 nitrogen and oxygen atoms in total. The SMILES string of the molecule is O=C(OO)C1=CC2=CCCC=C2Sc2c1cc(O)c1c2CCC1. The fourth-order valence-electron chi connectivity index (χ4n) is 3.51. The molecule has 4 rings (SSSR count). The standard InChI is InChI=1S/C18H16O4S/c19-15-9-13-14(18(20)22-21)8-10-4-1-2-7-16(10)23-17(13)12-6-3-5-11(12)15/h4,7-9,19,21H,1-3,5-6H2. The third-order valence-corrected chi connectivity index (χ3v) is 5.87. The summed E-state index contributed by atoms with van der Waals surface area (Å²) >= 11 is 1.65. The molecule has 0 fully saturated rings. The third-order valence-electron chi connectivity index (χ3n) is 4.58. The van der Waals surface area contributed by atoms with Crippen molar-refractivity contribution in [3.05, 3.63) is 51.5 Å². The largest absolute Gasteiger partial charge is 0.508 e. The van der Waals surface area contributed by atoms with Crippen molar-refractivity contribution in [1.82, 2.24) is 0 Å². The summed E-state index contributed by atoms with van der Waals surface area (Å²) in [6.07, 6.45) is 10.7. The normalized spacial score (nSPS) is 18.7. The summed E-state index contributed by atoms with van der Waals surface area (Å²) in [6.45, 7) is 0.